The zero-order chi connectivity index (χ0) is 16.1. The molecule has 0 radical (unpaired) electrons. The Kier molecular flexibility index (Phi) is 5.06. The number of carbonyl (C=O) groups is 1. The van der Waals surface area contributed by atoms with Crippen LogP contribution in [0.5, 0.6) is 17.2 Å². The van der Waals surface area contributed by atoms with Crippen LogP contribution >= 0.6 is 11.6 Å². The number of hydrogen-bond acceptors (Lipinski definition) is 5. The van der Waals surface area contributed by atoms with E-state index in [9.17, 15) is 4.79 Å². The van der Waals surface area contributed by atoms with Gasteiger partial charge in [0, 0.05) is 16.8 Å². The second-order valence-corrected chi connectivity index (χ2v) is 4.66. The SMILES string of the molecule is COc1cc(C(=O)Nc2cc(Cl)ccn2)cc(OC)c1OC. The van der Waals surface area contributed by atoms with Gasteiger partial charge in [-0.25, -0.2) is 4.98 Å². The van der Waals surface area contributed by atoms with Crippen LogP contribution in [-0.4, -0.2) is 32.2 Å². The molecule has 0 saturated carbocycles. The fourth-order valence-electron chi connectivity index (χ4n) is 1.87. The molecule has 0 saturated heterocycles. The van der Waals surface area contributed by atoms with E-state index in [1.165, 1.54) is 27.5 Å². The van der Waals surface area contributed by atoms with E-state index < -0.39 is 0 Å². The summed E-state index contributed by atoms with van der Waals surface area (Å²) in [6.07, 6.45) is 1.51. The van der Waals surface area contributed by atoms with E-state index in [4.69, 9.17) is 25.8 Å². The molecule has 0 aliphatic heterocycles. The zero-order valence-corrected chi connectivity index (χ0v) is 13.1. The van der Waals surface area contributed by atoms with Crippen LogP contribution in [0.25, 0.3) is 0 Å². The van der Waals surface area contributed by atoms with Crippen molar-refractivity contribution in [2.45, 2.75) is 0 Å². The van der Waals surface area contributed by atoms with E-state index in [0.717, 1.165) is 0 Å². The predicted molar refractivity (Wildman–Crippen MR) is 83.3 cm³/mol. The lowest BCUT2D eigenvalue weighted by molar-refractivity contribution is 0.102. The number of benzene rings is 1. The summed E-state index contributed by atoms with van der Waals surface area (Å²) < 4.78 is 15.6. The van der Waals surface area contributed by atoms with Gasteiger partial charge < -0.3 is 19.5 Å². The molecule has 1 amide bonds. The summed E-state index contributed by atoms with van der Waals surface area (Å²) in [5, 5.41) is 3.13. The van der Waals surface area contributed by atoms with Crippen molar-refractivity contribution >= 4 is 23.3 Å². The smallest absolute Gasteiger partial charge is 0.257 e. The van der Waals surface area contributed by atoms with Gasteiger partial charge in [-0.05, 0) is 24.3 Å². The second kappa shape index (κ2) is 7.00. The van der Waals surface area contributed by atoms with Gasteiger partial charge in [0.1, 0.15) is 5.82 Å². The van der Waals surface area contributed by atoms with Crippen molar-refractivity contribution in [1.82, 2.24) is 4.98 Å². The van der Waals surface area contributed by atoms with Gasteiger partial charge in [-0.2, -0.15) is 0 Å². The Labute approximate surface area is 133 Å². The third-order valence-corrected chi connectivity index (χ3v) is 3.13. The van der Waals surface area contributed by atoms with Gasteiger partial charge >= 0.3 is 0 Å². The minimum atomic E-state index is -0.367. The molecule has 7 heteroatoms. The van der Waals surface area contributed by atoms with Crippen molar-refractivity contribution in [3.8, 4) is 17.2 Å². The van der Waals surface area contributed by atoms with Crippen molar-refractivity contribution in [3.63, 3.8) is 0 Å². The highest BCUT2D eigenvalue weighted by molar-refractivity contribution is 6.30. The lowest BCUT2D eigenvalue weighted by atomic mass is 10.1. The van der Waals surface area contributed by atoms with Crippen molar-refractivity contribution in [1.29, 1.82) is 0 Å². The average molecular weight is 323 g/mol. The first-order valence-electron chi connectivity index (χ1n) is 6.32. The van der Waals surface area contributed by atoms with Crippen LogP contribution in [0.4, 0.5) is 5.82 Å². The number of amides is 1. The van der Waals surface area contributed by atoms with E-state index in [1.807, 2.05) is 0 Å². The maximum atomic E-state index is 12.3. The van der Waals surface area contributed by atoms with Gasteiger partial charge in [0.25, 0.3) is 5.91 Å². The molecule has 0 unspecified atom stereocenters. The maximum Gasteiger partial charge on any atom is 0.257 e. The van der Waals surface area contributed by atoms with Crippen LogP contribution in [0.3, 0.4) is 0 Å². The first kappa shape index (κ1) is 15.9. The fraction of sp³-hybridized carbons (Fsp3) is 0.200. The molecule has 1 heterocycles. The number of nitrogens with zero attached hydrogens (tertiary/aromatic N) is 1. The fourth-order valence-corrected chi connectivity index (χ4v) is 2.03. The summed E-state index contributed by atoms with van der Waals surface area (Å²) in [5.41, 5.74) is 0.344. The lowest BCUT2D eigenvalue weighted by Crippen LogP contribution is -2.13. The molecule has 1 aromatic carbocycles. The number of methoxy groups -OCH3 is 3. The van der Waals surface area contributed by atoms with E-state index in [1.54, 1.807) is 24.3 Å². The largest absolute Gasteiger partial charge is 0.493 e. The van der Waals surface area contributed by atoms with Crippen LogP contribution in [0.15, 0.2) is 30.5 Å². The third-order valence-electron chi connectivity index (χ3n) is 2.89. The number of anilines is 1. The van der Waals surface area contributed by atoms with Crippen molar-refractivity contribution < 1.29 is 19.0 Å². The number of carbonyl (C=O) groups excluding carboxylic acids is 1. The molecular formula is C15H15ClN2O4. The minimum absolute atomic E-state index is 0.344. The van der Waals surface area contributed by atoms with Gasteiger partial charge in [-0.15, -0.1) is 0 Å². The lowest BCUT2D eigenvalue weighted by Gasteiger charge is -2.14. The average Bonchev–Trinajstić information content (AvgIpc) is 2.53. The minimum Gasteiger partial charge on any atom is -0.493 e. The second-order valence-electron chi connectivity index (χ2n) is 4.23. The van der Waals surface area contributed by atoms with Crippen molar-refractivity contribution in [2.75, 3.05) is 26.6 Å². The number of rotatable bonds is 5. The molecule has 0 aliphatic rings. The number of ether oxygens (including phenoxy) is 3. The summed E-state index contributed by atoms with van der Waals surface area (Å²) in [6, 6.07) is 6.29. The number of hydrogen-bond donors (Lipinski definition) is 1. The summed E-state index contributed by atoms with van der Waals surface area (Å²) in [5.74, 6) is 1.19. The Bertz CT molecular complexity index is 666. The summed E-state index contributed by atoms with van der Waals surface area (Å²) >= 11 is 5.86. The molecule has 2 aromatic rings. The van der Waals surface area contributed by atoms with Crippen LogP contribution in [-0.2, 0) is 0 Å². The topological polar surface area (TPSA) is 69.7 Å². The monoisotopic (exact) mass is 322 g/mol. The molecule has 6 nitrogen and oxygen atoms in total. The normalized spacial score (nSPS) is 10.0. The first-order valence-corrected chi connectivity index (χ1v) is 6.69. The highest BCUT2D eigenvalue weighted by Crippen LogP contribution is 2.38. The van der Waals surface area contributed by atoms with E-state index in [2.05, 4.69) is 10.3 Å². The molecule has 0 bridgehead atoms. The van der Waals surface area contributed by atoms with Crippen LogP contribution in [0, 0.1) is 0 Å². The van der Waals surface area contributed by atoms with Gasteiger partial charge in [-0.1, -0.05) is 11.6 Å². The molecule has 22 heavy (non-hydrogen) atoms. The zero-order valence-electron chi connectivity index (χ0n) is 12.3. The standard InChI is InChI=1S/C15H15ClN2O4/c1-20-11-6-9(7-12(21-2)14(11)22-3)15(19)18-13-8-10(16)4-5-17-13/h4-8H,1-3H3,(H,17,18,19). The molecule has 0 spiro atoms. The molecule has 116 valence electrons. The van der Waals surface area contributed by atoms with Crippen molar-refractivity contribution in [2.24, 2.45) is 0 Å². The summed E-state index contributed by atoms with van der Waals surface area (Å²) in [7, 11) is 4.46. The third kappa shape index (κ3) is 3.40. The van der Waals surface area contributed by atoms with Gasteiger partial charge in [0.05, 0.1) is 21.3 Å². The van der Waals surface area contributed by atoms with Gasteiger partial charge in [0.2, 0.25) is 5.75 Å². The van der Waals surface area contributed by atoms with Gasteiger partial charge in [0.15, 0.2) is 11.5 Å². The van der Waals surface area contributed by atoms with Gasteiger partial charge in [-0.3, -0.25) is 4.79 Å². The maximum absolute atomic E-state index is 12.3. The highest BCUT2D eigenvalue weighted by Gasteiger charge is 2.17. The Balaban J connectivity index is 2.33. The summed E-state index contributed by atoms with van der Waals surface area (Å²) in [4.78, 5) is 16.3. The predicted octanol–water partition coefficient (Wildman–Crippen LogP) is 3.01. The highest BCUT2D eigenvalue weighted by atomic mass is 35.5. The Morgan fingerprint density at radius 2 is 1.73 bits per heavy atom. The molecule has 0 atom stereocenters. The number of aromatic nitrogens is 1. The molecule has 2 rings (SSSR count). The summed E-state index contributed by atoms with van der Waals surface area (Å²) in [6.45, 7) is 0. The van der Waals surface area contributed by atoms with Crippen LogP contribution < -0.4 is 19.5 Å². The molecular weight excluding hydrogens is 308 g/mol. The van der Waals surface area contributed by atoms with Crippen LogP contribution in [0.2, 0.25) is 5.02 Å². The van der Waals surface area contributed by atoms with Crippen LogP contribution in [0.1, 0.15) is 10.4 Å². The Morgan fingerprint density at radius 3 is 2.23 bits per heavy atom. The number of halogens is 1. The molecule has 0 fully saturated rings. The number of nitrogens with one attached hydrogen (secondary N) is 1. The van der Waals surface area contributed by atoms with Crippen molar-refractivity contribution in [3.05, 3.63) is 41.0 Å². The molecule has 1 N–H and O–H groups in total. The molecule has 0 aliphatic carbocycles. The Morgan fingerprint density at radius 1 is 1.09 bits per heavy atom. The first-order chi connectivity index (χ1) is 10.6. The number of pyridine rings is 1. The quantitative estimate of drug-likeness (QED) is 0.916. The Hall–Kier alpha value is -2.47. The molecule has 1 aromatic heterocycles. The van der Waals surface area contributed by atoms with E-state index >= 15 is 0 Å². The van der Waals surface area contributed by atoms with E-state index in [-0.39, 0.29) is 5.91 Å². The van der Waals surface area contributed by atoms with E-state index in [0.29, 0.717) is 33.7 Å².